The van der Waals surface area contributed by atoms with Gasteiger partial charge in [-0.3, -0.25) is 4.79 Å². The molecule has 0 bridgehead atoms. The highest BCUT2D eigenvalue weighted by molar-refractivity contribution is 14.1. The number of benzene rings is 2. The predicted molar refractivity (Wildman–Crippen MR) is 112 cm³/mol. The minimum atomic E-state index is -0.305. The van der Waals surface area contributed by atoms with Crippen molar-refractivity contribution in [3.05, 3.63) is 56.7 Å². The summed E-state index contributed by atoms with van der Waals surface area (Å²) < 4.78 is 11.9. The quantitative estimate of drug-likeness (QED) is 0.377. The number of hydrogen-bond acceptors (Lipinski definition) is 4. The molecule has 0 aliphatic heterocycles. The van der Waals surface area contributed by atoms with Crippen molar-refractivity contribution in [2.45, 2.75) is 26.7 Å². The van der Waals surface area contributed by atoms with Crippen molar-refractivity contribution < 1.29 is 14.3 Å². The van der Waals surface area contributed by atoms with E-state index in [1.165, 1.54) is 0 Å². The molecule has 138 valence electrons. The van der Waals surface area contributed by atoms with Crippen molar-refractivity contribution in [1.82, 2.24) is 5.43 Å². The fourth-order valence-corrected chi connectivity index (χ4v) is 3.12. The highest BCUT2D eigenvalue weighted by Gasteiger charge is 2.10. The fourth-order valence-electron chi connectivity index (χ4n) is 2.36. The number of hydrazone groups is 1. The normalized spacial score (nSPS) is 11.0. The Kier molecular flexibility index (Phi) is 7.44. The first-order chi connectivity index (χ1) is 12.4. The summed E-state index contributed by atoms with van der Waals surface area (Å²) in [4.78, 5) is 12.0. The molecule has 0 saturated heterocycles. The number of carbonyl (C=O) groups excluding carboxylic acids is 1. The van der Waals surface area contributed by atoms with Gasteiger partial charge in [0.2, 0.25) is 0 Å². The van der Waals surface area contributed by atoms with E-state index >= 15 is 0 Å². The van der Waals surface area contributed by atoms with Gasteiger partial charge in [-0.25, -0.2) is 5.43 Å². The molecule has 0 aliphatic carbocycles. The number of halogens is 1. The summed E-state index contributed by atoms with van der Waals surface area (Å²) in [6.45, 7) is 6.11. The van der Waals surface area contributed by atoms with Crippen LogP contribution in [0.1, 0.15) is 36.5 Å². The Morgan fingerprint density at radius 3 is 2.65 bits per heavy atom. The second-order valence-corrected chi connectivity index (χ2v) is 7.33. The SMILES string of the molecule is COc1ccc(/C=N/NC(=O)COc2cc(C)ccc2C(C)C)cc1I. The molecule has 2 aromatic carbocycles. The zero-order chi connectivity index (χ0) is 19.1. The molecule has 2 aromatic rings. The summed E-state index contributed by atoms with van der Waals surface area (Å²) in [5, 5.41) is 3.98. The molecule has 0 radical (unpaired) electrons. The van der Waals surface area contributed by atoms with E-state index in [9.17, 15) is 4.79 Å². The summed E-state index contributed by atoms with van der Waals surface area (Å²) in [6, 6.07) is 11.7. The summed E-state index contributed by atoms with van der Waals surface area (Å²) in [5.74, 6) is 1.56. The van der Waals surface area contributed by atoms with Gasteiger partial charge in [-0.05, 0) is 76.4 Å². The number of amides is 1. The Hall–Kier alpha value is -2.09. The van der Waals surface area contributed by atoms with E-state index in [-0.39, 0.29) is 12.5 Å². The third-order valence-corrected chi connectivity index (χ3v) is 4.57. The molecular formula is C20H23IN2O3. The van der Waals surface area contributed by atoms with Crippen LogP contribution in [0.25, 0.3) is 0 Å². The van der Waals surface area contributed by atoms with Crippen LogP contribution in [-0.2, 0) is 4.79 Å². The first-order valence-corrected chi connectivity index (χ1v) is 9.37. The van der Waals surface area contributed by atoms with Crippen molar-refractivity contribution in [2.24, 2.45) is 5.10 Å². The van der Waals surface area contributed by atoms with Crippen LogP contribution in [0.4, 0.5) is 0 Å². The number of methoxy groups -OCH3 is 1. The number of ether oxygens (including phenoxy) is 2. The molecule has 5 nitrogen and oxygen atoms in total. The van der Waals surface area contributed by atoms with Gasteiger partial charge >= 0.3 is 0 Å². The molecule has 1 N–H and O–H groups in total. The second-order valence-electron chi connectivity index (χ2n) is 6.17. The largest absolute Gasteiger partial charge is 0.496 e. The van der Waals surface area contributed by atoms with E-state index in [1.54, 1.807) is 13.3 Å². The Balaban J connectivity index is 1.91. The fraction of sp³-hybridized carbons (Fsp3) is 0.300. The van der Waals surface area contributed by atoms with Crippen LogP contribution in [0, 0.1) is 10.5 Å². The summed E-state index contributed by atoms with van der Waals surface area (Å²) in [6.07, 6.45) is 1.59. The molecule has 26 heavy (non-hydrogen) atoms. The second kappa shape index (κ2) is 9.56. The van der Waals surface area contributed by atoms with Gasteiger partial charge in [0.15, 0.2) is 6.61 Å². The van der Waals surface area contributed by atoms with E-state index < -0.39 is 0 Å². The third-order valence-electron chi connectivity index (χ3n) is 3.73. The molecule has 0 spiro atoms. The van der Waals surface area contributed by atoms with Crippen molar-refractivity contribution in [3.8, 4) is 11.5 Å². The van der Waals surface area contributed by atoms with Crippen LogP contribution in [0.3, 0.4) is 0 Å². The van der Waals surface area contributed by atoms with Gasteiger partial charge in [0.25, 0.3) is 5.91 Å². The standard InChI is InChI=1S/C20H23IN2O3/c1-13(2)16-7-5-14(3)9-19(16)26-12-20(24)23-22-11-15-6-8-18(25-4)17(21)10-15/h5-11,13H,12H2,1-4H3,(H,23,24)/b22-11+. The van der Waals surface area contributed by atoms with Crippen molar-refractivity contribution in [1.29, 1.82) is 0 Å². The lowest BCUT2D eigenvalue weighted by atomic mass is 10.0. The number of nitrogens with one attached hydrogen (secondary N) is 1. The molecule has 0 saturated carbocycles. The maximum absolute atomic E-state index is 12.0. The molecule has 0 aliphatic rings. The molecule has 0 fully saturated rings. The Morgan fingerprint density at radius 2 is 2.00 bits per heavy atom. The molecule has 0 heterocycles. The first-order valence-electron chi connectivity index (χ1n) is 8.29. The van der Waals surface area contributed by atoms with Crippen molar-refractivity contribution in [2.75, 3.05) is 13.7 Å². The molecule has 0 aromatic heterocycles. The first kappa shape index (κ1) is 20.2. The van der Waals surface area contributed by atoms with Gasteiger partial charge in [-0.2, -0.15) is 5.10 Å². The van der Waals surface area contributed by atoms with E-state index in [0.29, 0.717) is 5.92 Å². The lowest BCUT2D eigenvalue weighted by Crippen LogP contribution is -2.25. The Labute approximate surface area is 167 Å². The average molecular weight is 466 g/mol. The van der Waals surface area contributed by atoms with E-state index in [2.05, 4.69) is 47.0 Å². The average Bonchev–Trinajstić information content (AvgIpc) is 2.60. The third kappa shape index (κ3) is 5.72. The Morgan fingerprint density at radius 1 is 1.23 bits per heavy atom. The van der Waals surface area contributed by atoms with Gasteiger partial charge in [-0.1, -0.05) is 26.0 Å². The molecular weight excluding hydrogens is 443 g/mol. The van der Waals surface area contributed by atoms with Gasteiger partial charge < -0.3 is 9.47 Å². The monoisotopic (exact) mass is 466 g/mol. The topological polar surface area (TPSA) is 59.9 Å². The number of nitrogens with zero attached hydrogens (tertiary/aromatic N) is 1. The van der Waals surface area contributed by atoms with Crippen LogP contribution in [0.5, 0.6) is 11.5 Å². The molecule has 2 rings (SSSR count). The van der Waals surface area contributed by atoms with Crippen LogP contribution >= 0.6 is 22.6 Å². The van der Waals surface area contributed by atoms with Crippen molar-refractivity contribution >= 4 is 34.7 Å². The van der Waals surface area contributed by atoms with Gasteiger partial charge in [-0.15, -0.1) is 0 Å². The maximum Gasteiger partial charge on any atom is 0.277 e. The summed E-state index contributed by atoms with van der Waals surface area (Å²) >= 11 is 2.19. The van der Waals surface area contributed by atoms with E-state index in [1.807, 2.05) is 43.3 Å². The van der Waals surface area contributed by atoms with E-state index in [4.69, 9.17) is 9.47 Å². The minimum Gasteiger partial charge on any atom is -0.496 e. The van der Waals surface area contributed by atoms with Crippen LogP contribution < -0.4 is 14.9 Å². The zero-order valence-corrected chi connectivity index (χ0v) is 17.5. The lowest BCUT2D eigenvalue weighted by molar-refractivity contribution is -0.123. The highest BCUT2D eigenvalue weighted by Crippen LogP contribution is 2.27. The number of rotatable bonds is 7. The highest BCUT2D eigenvalue weighted by atomic mass is 127. The molecule has 0 unspecified atom stereocenters. The van der Waals surface area contributed by atoms with Gasteiger partial charge in [0.05, 0.1) is 16.9 Å². The van der Waals surface area contributed by atoms with Gasteiger partial charge in [0.1, 0.15) is 11.5 Å². The smallest absolute Gasteiger partial charge is 0.277 e. The molecule has 6 heteroatoms. The number of aryl methyl sites for hydroxylation is 1. The minimum absolute atomic E-state index is 0.0827. The molecule has 0 atom stereocenters. The number of carbonyl (C=O) groups is 1. The maximum atomic E-state index is 12.0. The predicted octanol–water partition coefficient (Wildman–Crippen LogP) is 4.26. The Bertz CT molecular complexity index is 804. The van der Waals surface area contributed by atoms with Crippen LogP contribution in [0.2, 0.25) is 0 Å². The van der Waals surface area contributed by atoms with Crippen molar-refractivity contribution in [3.63, 3.8) is 0 Å². The summed E-state index contributed by atoms with van der Waals surface area (Å²) in [7, 11) is 1.63. The van der Waals surface area contributed by atoms with E-state index in [0.717, 1.165) is 31.8 Å². The summed E-state index contributed by atoms with van der Waals surface area (Å²) in [5.41, 5.74) is 5.53. The van der Waals surface area contributed by atoms with Gasteiger partial charge in [0, 0.05) is 0 Å². The number of hydrogen-bond donors (Lipinski definition) is 1. The zero-order valence-electron chi connectivity index (χ0n) is 15.4. The van der Waals surface area contributed by atoms with Crippen LogP contribution in [0.15, 0.2) is 41.5 Å². The van der Waals surface area contributed by atoms with Crippen LogP contribution in [-0.4, -0.2) is 25.8 Å². The molecule has 1 amide bonds. The lowest BCUT2D eigenvalue weighted by Gasteiger charge is -2.14.